The van der Waals surface area contributed by atoms with Crippen LogP contribution in [0.4, 0.5) is 0 Å². The first-order valence-corrected chi connectivity index (χ1v) is 14.1. The number of likely N-dealkylation sites (tertiary alicyclic amines) is 1. The molecule has 1 saturated carbocycles. The second kappa shape index (κ2) is 9.68. The molecule has 1 aliphatic heterocycles. The van der Waals surface area contributed by atoms with Crippen LogP contribution in [-0.2, 0) is 4.79 Å². The number of nitrogens with one attached hydrogen (secondary N) is 4. The van der Waals surface area contributed by atoms with Gasteiger partial charge in [-0.1, -0.05) is 45.9 Å². The summed E-state index contributed by atoms with van der Waals surface area (Å²) in [6.07, 6.45) is 1.03. The minimum atomic E-state index is -0.763. The van der Waals surface area contributed by atoms with E-state index in [1.165, 1.54) is 0 Å². The molecule has 3 unspecified atom stereocenters. The number of piperidine rings is 1. The maximum absolute atomic E-state index is 13.7. The zero-order valence-corrected chi connectivity index (χ0v) is 24.1. The molecule has 2 aromatic carbocycles. The van der Waals surface area contributed by atoms with Crippen LogP contribution in [0.15, 0.2) is 54.6 Å². The quantitative estimate of drug-likeness (QED) is 0.269. The van der Waals surface area contributed by atoms with Crippen molar-refractivity contribution in [3.8, 4) is 5.75 Å². The summed E-state index contributed by atoms with van der Waals surface area (Å²) in [5.41, 5.74) is 2.19. The number of H-pyrrole nitrogens is 2. The zero-order valence-electron chi connectivity index (χ0n) is 24.1. The van der Waals surface area contributed by atoms with Crippen molar-refractivity contribution in [2.75, 3.05) is 20.2 Å². The van der Waals surface area contributed by atoms with Crippen molar-refractivity contribution in [3.05, 3.63) is 66.0 Å². The van der Waals surface area contributed by atoms with Gasteiger partial charge in [-0.05, 0) is 59.6 Å². The van der Waals surface area contributed by atoms with Crippen molar-refractivity contribution in [1.82, 2.24) is 25.5 Å². The summed E-state index contributed by atoms with van der Waals surface area (Å²) in [5, 5.41) is 7.87. The number of aromatic amines is 2. The second-order valence-electron chi connectivity index (χ2n) is 12.9. The predicted molar refractivity (Wildman–Crippen MR) is 158 cm³/mol. The first kappa shape index (κ1) is 26.9. The molecule has 2 aromatic heterocycles. The van der Waals surface area contributed by atoms with Crippen LogP contribution >= 0.6 is 0 Å². The number of amides is 3. The van der Waals surface area contributed by atoms with Crippen LogP contribution in [0.3, 0.4) is 0 Å². The van der Waals surface area contributed by atoms with Crippen molar-refractivity contribution >= 4 is 39.5 Å². The van der Waals surface area contributed by atoms with Crippen LogP contribution in [0.25, 0.3) is 21.8 Å². The van der Waals surface area contributed by atoms with Gasteiger partial charge in [-0.2, -0.15) is 0 Å². The van der Waals surface area contributed by atoms with E-state index in [4.69, 9.17) is 4.74 Å². The van der Waals surface area contributed by atoms with E-state index in [9.17, 15) is 14.4 Å². The number of nitrogens with zero attached hydrogens (tertiary/aromatic N) is 1. The Labute approximate surface area is 239 Å². The summed E-state index contributed by atoms with van der Waals surface area (Å²) in [7, 11) is 1.62. The lowest BCUT2D eigenvalue weighted by Crippen LogP contribution is -2.55. The van der Waals surface area contributed by atoms with Gasteiger partial charge >= 0.3 is 0 Å². The second-order valence-corrected chi connectivity index (χ2v) is 12.9. The average molecular weight is 556 g/mol. The van der Waals surface area contributed by atoms with Crippen LogP contribution in [0.2, 0.25) is 0 Å². The third kappa shape index (κ3) is 4.94. The number of hydrogen-bond acceptors (Lipinski definition) is 4. The number of aromatic nitrogens is 2. The molecule has 6 rings (SSSR count). The standard InChI is InChI=1S/C32H37N5O4/c1-31(2,3)27(36-28(38)24-13-18-8-6-7-9-22(18)34-24)29(39)33-16-26-21-15-32(21,4)17-37(26)30(40)25-14-19-12-20(41-5)10-11-23(19)35-25/h6-14,21,26-27,34-35H,15-17H2,1-5H3,(H,33,39)(H,36,38)/t21?,26-,27?,32?/m1/s1. The molecular weight excluding hydrogens is 518 g/mol. The summed E-state index contributed by atoms with van der Waals surface area (Å²) in [6.45, 7) is 8.96. The van der Waals surface area contributed by atoms with Gasteiger partial charge in [-0.25, -0.2) is 0 Å². The monoisotopic (exact) mass is 555 g/mol. The Morgan fingerprint density at radius 2 is 1.73 bits per heavy atom. The van der Waals surface area contributed by atoms with E-state index >= 15 is 0 Å². The predicted octanol–water partition coefficient (Wildman–Crippen LogP) is 4.47. The number of carbonyl (C=O) groups excluding carboxylic acids is 3. The normalized spacial score (nSPS) is 22.4. The number of hydrogen-bond donors (Lipinski definition) is 4. The minimum Gasteiger partial charge on any atom is -0.497 e. The van der Waals surface area contributed by atoms with Crippen molar-refractivity contribution in [2.45, 2.75) is 46.2 Å². The Hall–Kier alpha value is -4.27. The van der Waals surface area contributed by atoms with Crippen LogP contribution in [0, 0.1) is 16.7 Å². The molecule has 1 aliphatic carbocycles. The summed E-state index contributed by atoms with van der Waals surface area (Å²) in [5.74, 6) is 0.383. The summed E-state index contributed by atoms with van der Waals surface area (Å²) in [4.78, 5) is 48.7. The first-order chi connectivity index (χ1) is 19.5. The average Bonchev–Trinajstić information content (AvgIpc) is 3.28. The maximum atomic E-state index is 13.7. The van der Waals surface area contributed by atoms with Crippen LogP contribution < -0.4 is 15.4 Å². The van der Waals surface area contributed by atoms with E-state index in [2.05, 4.69) is 27.5 Å². The molecule has 0 radical (unpaired) electrons. The van der Waals surface area contributed by atoms with E-state index in [-0.39, 0.29) is 29.2 Å². The lowest BCUT2D eigenvalue weighted by atomic mass is 9.86. The van der Waals surface area contributed by atoms with Crippen molar-refractivity contribution < 1.29 is 19.1 Å². The van der Waals surface area contributed by atoms with Gasteiger partial charge in [0.1, 0.15) is 23.2 Å². The molecule has 9 nitrogen and oxygen atoms in total. The van der Waals surface area contributed by atoms with Gasteiger partial charge in [0.05, 0.1) is 13.2 Å². The third-order valence-electron chi connectivity index (χ3n) is 8.80. The summed E-state index contributed by atoms with van der Waals surface area (Å²) < 4.78 is 5.32. The highest BCUT2D eigenvalue weighted by molar-refractivity contribution is 6.01. The van der Waals surface area contributed by atoms with Gasteiger partial charge in [0.25, 0.3) is 11.8 Å². The lowest BCUT2D eigenvalue weighted by Gasteiger charge is -2.32. The van der Waals surface area contributed by atoms with E-state index in [1.54, 1.807) is 13.2 Å². The van der Waals surface area contributed by atoms with E-state index in [0.717, 1.165) is 34.0 Å². The summed E-state index contributed by atoms with van der Waals surface area (Å²) in [6, 6.07) is 16.1. The number of fused-ring (bicyclic) bond motifs is 3. The molecular formula is C32H37N5O4. The van der Waals surface area contributed by atoms with Gasteiger partial charge in [0.15, 0.2) is 0 Å². The zero-order chi connectivity index (χ0) is 29.1. The van der Waals surface area contributed by atoms with Crippen LogP contribution in [0.5, 0.6) is 5.75 Å². The number of para-hydroxylation sites is 1. The molecule has 214 valence electrons. The largest absolute Gasteiger partial charge is 0.497 e. The fourth-order valence-corrected chi connectivity index (χ4v) is 6.32. The fraction of sp³-hybridized carbons (Fsp3) is 0.406. The number of methoxy groups -OCH3 is 1. The highest BCUT2D eigenvalue weighted by Crippen LogP contribution is 2.60. The Balaban J connectivity index is 1.16. The summed E-state index contributed by atoms with van der Waals surface area (Å²) >= 11 is 0. The van der Waals surface area contributed by atoms with Crippen LogP contribution in [-0.4, -0.2) is 64.9 Å². The molecule has 3 amide bonds. The van der Waals surface area contributed by atoms with Gasteiger partial charge in [0.2, 0.25) is 5.91 Å². The van der Waals surface area contributed by atoms with Crippen molar-refractivity contribution in [1.29, 1.82) is 0 Å². The van der Waals surface area contributed by atoms with Gasteiger partial charge in [-0.15, -0.1) is 0 Å². The number of ether oxygens (including phenoxy) is 1. The number of rotatable bonds is 7. The topological polar surface area (TPSA) is 119 Å². The molecule has 41 heavy (non-hydrogen) atoms. The molecule has 0 spiro atoms. The molecule has 2 aliphatic rings. The third-order valence-corrected chi connectivity index (χ3v) is 8.80. The molecule has 2 fully saturated rings. The Morgan fingerprint density at radius 3 is 2.46 bits per heavy atom. The Bertz CT molecular complexity index is 1630. The van der Waals surface area contributed by atoms with E-state index in [0.29, 0.717) is 30.4 Å². The first-order valence-electron chi connectivity index (χ1n) is 14.1. The van der Waals surface area contributed by atoms with E-state index < -0.39 is 11.5 Å². The Kier molecular flexibility index (Phi) is 6.36. The van der Waals surface area contributed by atoms with Crippen molar-refractivity contribution in [2.24, 2.45) is 16.7 Å². The Morgan fingerprint density at radius 1 is 1.02 bits per heavy atom. The van der Waals surface area contributed by atoms with Gasteiger partial charge < -0.3 is 30.2 Å². The molecule has 9 heteroatoms. The molecule has 4 aromatic rings. The molecule has 3 heterocycles. The lowest BCUT2D eigenvalue weighted by molar-refractivity contribution is -0.125. The van der Waals surface area contributed by atoms with Gasteiger partial charge in [0, 0.05) is 34.9 Å². The fourth-order valence-electron chi connectivity index (χ4n) is 6.32. The highest BCUT2D eigenvalue weighted by Gasteiger charge is 2.62. The molecule has 1 saturated heterocycles. The number of carbonyl (C=O) groups is 3. The minimum absolute atomic E-state index is 0.0631. The maximum Gasteiger partial charge on any atom is 0.270 e. The van der Waals surface area contributed by atoms with Gasteiger partial charge in [-0.3, -0.25) is 14.4 Å². The SMILES string of the molecule is COc1ccc2[nH]c(C(=O)N3CC4(C)CC4[C@H]3CNC(=O)C(NC(=O)c3cc4ccccc4[nH]3)C(C)(C)C)cc2c1. The van der Waals surface area contributed by atoms with E-state index in [1.807, 2.05) is 74.2 Å². The van der Waals surface area contributed by atoms with Crippen LogP contribution in [0.1, 0.15) is 55.1 Å². The van der Waals surface area contributed by atoms with Crippen molar-refractivity contribution in [3.63, 3.8) is 0 Å². The molecule has 4 N–H and O–H groups in total. The highest BCUT2D eigenvalue weighted by atomic mass is 16.5. The smallest absolute Gasteiger partial charge is 0.270 e. The molecule has 0 bridgehead atoms. The number of benzene rings is 2. The molecule has 4 atom stereocenters.